The van der Waals surface area contributed by atoms with E-state index in [-0.39, 0.29) is 10.8 Å². The molecule has 0 saturated heterocycles. The Morgan fingerprint density at radius 3 is 2.47 bits per heavy atom. The number of carbonyl (C=O) groups excluding carboxylic acids is 1. The first-order valence-electron chi connectivity index (χ1n) is 9.23. The molecule has 7 nitrogen and oxygen atoms in total. The Balaban J connectivity index is 1.65. The summed E-state index contributed by atoms with van der Waals surface area (Å²) >= 11 is 1.19. The zero-order chi connectivity index (χ0) is 21.9. The fourth-order valence-corrected chi connectivity index (χ4v) is 4.56. The lowest BCUT2D eigenvalue weighted by Gasteiger charge is -2.18. The molecule has 1 unspecified atom stereocenters. The molecule has 0 aliphatic rings. The van der Waals surface area contributed by atoms with Gasteiger partial charge in [0.25, 0.3) is 15.9 Å². The minimum Gasteiger partial charge on any atom is -0.481 e. The standard InChI is InChI=1S/C21H23N3O4S2/c1-13-11-14(2)15(3)19(12-13)28-16(4)20(25)23-17-5-7-18(8-6-17)30(26,27)24-21-22-9-10-29-21/h5-12,16H,1-4H3,(H,22,24)(H,23,25). The van der Waals surface area contributed by atoms with Crippen molar-refractivity contribution in [2.24, 2.45) is 0 Å². The van der Waals surface area contributed by atoms with Crippen molar-refractivity contribution in [2.75, 3.05) is 10.0 Å². The molecule has 0 aliphatic heterocycles. The van der Waals surface area contributed by atoms with Crippen LogP contribution in [0.15, 0.2) is 52.9 Å². The number of aryl methyl sites for hydroxylation is 2. The van der Waals surface area contributed by atoms with Gasteiger partial charge >= 0.3 is 0 Å². The van der Waals surface area contributed by atoms with Gasteiger partial charge in [-0.05, 0) is 74.7 Å². The van der Waals surface area contributed by atoms with Crippen LogP contribution in [0.5, 0.6) is 5.75 Å². The molecule has 0 spiro atoms. The average molecular weight is 446 g/mol. The highest BCUT2D eigenvalue weighted by atomic mass is 32.2. The molecule has 0 radical (unpaired) electrons. The molecule has 2 aromatic carbocycles. The van der Waals surface area contributed by atoms with Crippen LogP contribution in [-0.2, 0) is 14.8 Å². The zero-order valence-electron chi connectivity index (χ0n) is 17.1. The summed E-state index contributed by atoms with van der Waals surface area (Å²) in [4.78, 5) is 16.5. The van der Waals surface area contributed by atoms with Gasteiger partial charge in [-0.3, -0.25) is 9.52 Å². The van der Waals surface area contributed by atoms with Crippen molar-refractivity contribution in [3.05, 3.63) is 64.7 Å². The van der Waals surface area contributed by atoms with E-state index < -0.39 is 16.1 Å². The van der Waals surface area contributed by atoms with E-state index in [4.69, 9.17) is 4.74 Å². The first-order valence-corrected chi connectivity index (χ1v) is 11.6. The molecule has 1 aromatic heterocycles. The summed E-state index contributed by atoms with van der Waals surface area (Å²) in [5, 5.41) is 4.72. The van der Waals surface area contributed by atoms with Gasteiger partial charge in [0, 0.05) is 17.3 Å². The molecular formula is C21H23N3O4S2. The maximum Gasteiger partial charge on any atom is 0.265 e. The molecule has 30 heavy (non-hydrogen) atoms. The molecule has 0 bridgehead atoms. The Morgan fingerprint density at radius 2 is 1.83 bits per heavy atom. The molecule has 2 N–H and O–H groups in total. The van der Waals surface area contributed by atoms with E-state index in [1.165, 1.54) is 41.8 Å². The quantitative estimate of drug-likeness (QED) is 0.566. The summed E-state index contributed by atoms with van der Waals surface area (Å²) in [6.07, 6.45) is 0.795. The van der Waals surface area contributed by atoms with E-state index in [2.05, 4.69) is 21.1 Å². The highest BCUT2D eigenvalue weighted by Gasteiger charge is 2.18. The minimum atomic E-state index is -3.74. The van der Waals surface area contributed by atoms with Crippen LogP contribution in [0.2, 0.25) is 0 Å². The lowest BCUT2D eigenvalue weighted by molar-refractivity contribution is -0.122. The first kappa shape index (κ1) is 21.8. The van der Waals surface area contributed by atoms with E-state index in [1.807, 2.05) is 26.8 Å². The second-order valence-corrected chi connectivity index (χ2v) is 9.50. The van der Waals surface area contributed by atoms with E-state index in [0.29, 0.717) is 16.6 Å². The van der Waals surface area contributed by atoms with Crippen molar-refractivity contribution in [3.8, 4) is 5.75 Å². The Labute approximate surface area is 180 Å². The van der Waals surface area contributed by atoms with Gasteiger partial charge in [-0.2, -0.15) is 0 Å². The number of hydrogen-bond donors (Lipinski definition) is 2. The topological polar surface area (TPSA) is 97.4 Å². The van der Waals surface area contributed by atoms with Gasteiger partial charge in [-0.1, -0.05) is 6.07 Å². The third-order valence-corrected chi connectivity index (χ3v) is 6.70. The number of anilines is 2. The van der Waals surface area contributed by atoms with Gasteiger partial charge in [0.1, 0.15) is 5.75 Å². The third-order valence-electron chi connectivity index (χ3n) is 4.52. The lowest BCUT2D eigenvalue weighted by Crippen LogP contribution is -2.30. The number of aromatic nitrogens is 1. The van der Waals surface area contributed by atoms with Crippen LogP contribution in [0, 0.1) is 20.8 Å². The maximum atomic E-state index is 12.5. The van der Waals surface area contributed by atoms with Crippen LogP contribution >= 0.6 is 11.3 Å². The molecule has 1 atom stereocenters. The van der Waals surface area contributed by atoms with E-state index in [1.54, 1.807) is 12.3 Å². The van der Waals surface area contributed by atoms with Crippen molar-refractivity contribution in [1.82, 2.24) is 4.98 Å². The monoisotopic (exact) mass is 445 g/mol. The molecule has 3 aromatic rings. The van der Waals surface area contributed by atoms with Crippen LogP contribution in [0.25, 0.3) is 0 Å². The Morgan fingerprint density at radius 1 is 1.13 bits per heavy atom. The molecule has 1 heterocycles. The predicted molar refractivity (Wildman–Crippen MR) is 119 cm³/mol. The number of rotatable bonds is 7. The number of amides is 1. The Bertz CT molecular complexity index is 1140. The smallest absolute Gasteiger partial charge is 0.265 e. The van der Waals surface area contributed by atoms with Gasteiger partial charge in [0.05, 0.1) is 4.90 Å². The number of sulfonamides is 1. The maximum absolute atomic E-state index is 12.5. The zero-order valence-corrected chi connectivity index (χ0v) is 18.7. The number of hydrogen-bond acceptors (Lipinski definition) is 6. The molecule has 158 valence electrons. The van der Waals surface area contributed by atoms with Gasteiger partial charge < -0.3 is 10.1 Å². The normalized spacial score (nSPS) is 12.3. The second kappa shape index (κ2) is 8.85. The van der Waals surface area contributed by atoms with Gasteiger partial charge in [-0.15, -0.1) is 11.3 Å². The second-order valence-electron chi connectivity index (χ2n) is 6.92. The van der Waals surface area contributed by atoms with Crippen LogP contribution in [0.4, 0.5) is 10.8 Å². The van der Waals surface area contributed by atoms with E-state index in [9.17, 15) is 13.2 Å². The van der Waals surface area contributed by atoms with Crippen LogP contribution in [0.1, 0.15) is 23.6 Å². The SMILES string of the molecule is Cc1cc(C)c(C)c(OC(C)C(=O)Nc2ccc(S(=O)(=O)Nc3nccs3)cc2)c1. The number of nitrogens with one attached hydrogen (secondary N) is 2. The number of ether oxygens (including phenoxy) is 1. The Hall–Kier alpha value is -2.91. The number of thiazole rings is 1. The number of nitrogens with zero attached hydrogens (tertiary/aromatic N) is 1. The molecule has 0 saturated carbocycles. The number of carbonyl (C=O) groups is 1. The van der Waals surface area contributed by atoms with Crippen molar-refractivity contribution in [1.29, 1.82) is 0 Å². The fourth-order valence-electron chi connectivity index (χ4n) is 2.78. The van der Waals surface area contributed by atoms with Crippen molar-refractivity contribution in [2.45, 2.75) is 38.7 Å². The molecular weight excluding hydrogens is 422 g/mol. The summed E-state index contributed by atoms with van der Waals surface area (Å²) in [6.45, 7) is 7.60. The van der Waals surface area contributed by atoms with Crippen LogP contribution in [0.3, 0.4) is 0 Å². The summed E-state index contributed by atoms with van der Waals surface area (Å²) in [5.74, 6) is 0.343. The molecule has 9 heteroatoms. The van der Waals surface area contributed by atoms with Crippen LogP contribution in [-0.4, -0.2) is 25.4 Å². The van der Waals surface area contributed by atoms with E-state index >= 15 is 0 Å². The number of benzene rings is 2. The minimum absolute atomic E-state index is 0.0749. The summed E-state index contributed by atoms with van der Waals surface area (Å²) in [5.41, 5.74) is 3.62. The highest BCUT2D eigenvalue weighted by molar-refractivity contribution is 7.93. The average Bonchev–Trinajstić information content (AvgIpc) is 3.18. The Kier molecular flexibility index (Phi) is 6.42. The summed E-state index contributed by atoms with van der Waals surface area (Å²) in [7, 11) is -3.74. The molecule has 1 amide bonds. The lowest BCUT2D eigenvalue weighted by atomic mass is 10.1. The highest BCUT2D eigenvalue weighted by Crippen LogP contribution is 2.25. The van der Waals surface area contributed by atoms with Gasteiger partial charge in [0.15, 0.2) is 11.2 Å². The summed E-state index contributed by atoms with van der Waals surface area (Å²) < 4.78 is 33.0. The molecule has 0 aliphatic carbocycles. The first-order chi connectivity index (χ1) is 14.2. The molecule has 3 rings (SSSR count). The van der Waals surface area contributed by atoms with Crippen molar-refractivity contribution >= 4 is 38.1 Å². The third kappa shape index (κ3) is 5.17. The van der Waals surface area contributed by atoms with Crippen LogP contribution < -0.4 is 14.8 Å². The predicted octanol–water partition coefficient (Wildman–Crippen LogP) is 4.28. The van der Waals surface area contributed by atoms with Gasteiger partial charge in [0.2, 0.25) is 0 Å². The van der Waals surface area contributed by atoms with Crippen molar-refractivity contribution in [3.63, 3.8) is 0 Å². The fraction of sp³-hybridized carbons (Fsp3) is 0.238. The van der Waals surface area contributed by atoms with E-state index in [0.717, 1.165) is 16.7 Å². The summed E-state index contributed by atoms with van der Waals surface area (Å²) in [6, 6.07) is 9.87. The van der Waals surface area contributed by atoms with Gasteiger partial charge in [-0.25, -0.2) is 13.4 Å². The largest absolute Gasteiger partial charge is 0.481 e. The molecule has 0 fully saturated rings. The van der Waals surface area contributed by atoms with Crippen molar-refractivity contribution < 1.29 is 17.9 Å².